The highest BCUT2D eigenvalue weighted by molar-refractivity contribution is 5.99. The van der Waals surface area contributed by atoms with Gasteiger partial charge in [0.05, 0.1) is 17.8 Å². The lowest BCUT2D eigenvalue weighted by Gasteiger charge is -2.11. The average molecular weight is 263 g/mol. The second-order valence-corrected chi connectivity index (χ2v) is 3.87. The molecule has 5 nitrogen and oxygen atoms in total. The molecule has 0 atom stereocenters. The molecule has 0 spiro atoms. The minimum absolute atomic E-state index is 0.211. The van der Waals surface area contributed by atoms with Crippen molar-refractivity contribution >= 4 is 11.6 Å². The van der Waals surface area contributed by atoms with Gasteiger partial charge in [0.1, 0.15) is 17.8 Å². The average Bonchev–Trinajstić information content (AvgIpc) is 2.92. The Bertz CT molecular complexity index is 555. The van der Waals surface area contributed by atoms with Crippen LogP contribution in [0.15, 0.2) is 35.1 Å². The summed E-state index contributed by atoms with van der Waals surface area (Å²) in [5.41, 5.74) is 1.09. The van der Waals surface area contributed by atoms with Gasteiger partial charge in [-0.2, -0.15) is 0 Å². The number of benzene rings is 1. The molecule has 19 heavy (non-hydrogen) atoms. The molecule has 0 aliphatic carbocycles. The fraction of sp³-hybridized carbons (Fsp3) is 0.231. The molecule has 1 heterocycles. The van der Waals surface area contributed by atoms with E-state index in [1.165, 1.54) is 18.4 Å². The summed E-state index contributed by atoms with van der Waals surface area (Å²) >= 11 is 0. The van der Waals surface area contributed by atoms with Crippen molar-refractivity contribution in [2.45, 2.75) is 13.5 Å². The number of hydrogen-bond donors (Lipinski definition) is 2. The van der Waals surface area contributed by atoms with Crippen LogP contribution in [0.25, 0.3) is 0 Å². The van der Waals surface area contributed by atoms with Gasteiger partial charge in [0.15, 0.2) is 0 Å². The van der Waals surface area contributed by atoms with Gasteiger partial charge in [0.2, 0.25) is 0 Å². The zero-order valence-corrected chi connectivity index (χ0v) is 10.4. The minimum Gasteiger partial charge on any atom is -0.382 e. The number of para-hydroxylation sites is 1. The standard InChI is InChI=1S/C13H14FN3O2/c1-2-15-12-10(4-3-5-11(12)14)13(18)16-8-9-6-7-19-17-9/h3-7,15H,2,8H2,1H3,(H,16,18). The summed E-state index contributed by atoms with van der Waals surface area (Å²) in [4.78, 5) is 12.0. The molecule has 0 unspecified atom stereocenters. The minimum atomic E-state index is -0.448. The number of anilines is 1. The molecule has 0 saturated carbocycles. The van der Waals surface area contributed by atoms with Crippen LogP contribution in [0.5, 0.6) is 0 Å². The summed E-state index contributed by atoms with van der Waals surface area (Å²) in [6, 6.07) is 6.03. The van der Waals surface area contributed by atoms with E-state index in [9.17, 15) is 9.18 Å². The largest absolute Gasteiger partial charge is 0.382 e. The van der Waals surface area contributed by atoms with Crippen LogP contribution >= 0.6 is 0 Å². The number of halogens is 1. The molecule has 0 bridgehead atoms. The Morgan fingerprint density at radius 1 is 1.42 bits per heavy atom. The molecule has 1 amide bonds. The maximum absolute atomic E-state index is 13.6. The molecule has 0 saturated heterocycles. The third-order valence-electron chi connectivity index (χ3n) is 2.53. The van der Waals surface area contributed by atoms with Crippen molar-refractivity contribution in [3.63, 3.8) is 0 Å². The van der Waals surface area contributed by atoms with Crippen LogP contribution in [0.3, 0.4) is 0 Å². The maximum atomic E-state index is 13.6. The van der Waals surface area contributed by atoms with E-state index in [2.05, 4.69) is 20.3 Å². The molecular formula is C13H14FN3O2. The molecule has 2 N–H and O–H groups in total. The van der Waals surface area contributed by atoms with E-state index in [4.69, 9.17) is 0 Å². The summed E-state index contributed by atoms with van der Waals surface area (Å²) in [6.45, 7) is 2.60. The first-order chi connectivity index (χ1) is 9.22. The van der Waals surface area contributed by atoms with Crippen LogP contribution in [-0.4, -0.2) is 17.6 Å². The number of amides is 1. The number of carbonyl (C=O) groups is 1. The molecular weight excluding hydrogens is 249 g/mol. The Labute approximate surface area is 109 Å². The van der Waals surface area contributed by atoms with E-state index < -0.39 is 5.82 Å². The van der Waals surface area contributed by atoms with Gasteiger partial charge < -0.3 is 15.2 Å². The number of carbonyl (C=O) groups excluding carboxylic acids is 1. The summed E-state index contributed by atoms with van der Waals surface area (Å²) in [6.07, 6.45) is 1.42. The molecule has 2 rings (SSSR count). The topological polar surface area (TPSA) is 67.2 Å². The Balaban J connectivity index is 2.12. The van der Waals surface area contributed by atoms with Crippen LogP contribution in [0, 0.1) is 5.82 Å². The van der Waals surface area contributed by atoms with Gasteiger partial charge in [-0.25, -0.2) is 4.39 Å². The lowest BCUT2D eigenvalue weighted by molar-refractivity contribution is 0.0950. The third-order valence-corrected chi connectivity index (χ3v) is 2.53. The van der Waals surface area contributed by atoms with Gasteiger partial charge in [-0.1, -0.05) is 11.2 Å². The van der Waals surface area contributed by atoms with Crippen molar-refractivity contribution in [1.29, 1.82) is 0 Å². The molecule has 1 aromatic heterocycles. The lowest BCUT2D eigenvalue weighted by Crippen LogP contribution is -2.24. The van der Waals surface area contributed by atoms with Crippen LogP contribution in [0.1, 0.15) is 23.0 Å². The number of nitrogens with zero attached hydrogens (tertiary/aromatic N) is 1. The summed E-state index contributed by atoms with van der Waals surface area (Å²) in [5.74, 6) is -0.811. The fourth-order valence-electron chi connectivity index (χ4n) is 1.66. The van der Waals surface area contributed by atoms with Crippen molar-refractivity contribution in [2.75, 3.05) is 11.9 Å². The smallest absolute Gasteiger partial charge is 0.253 e. The molecule has 100 valence electrons. The van der Waals surface area contributed by atoms with Crippen molar-refractivity contribution < 1.29 is 13.7 Å². The molecule has 6 heteroatoms. The SMILES string of the molecule is CCNc1c(F)cccc1C(=O)NCc1ccon1. The molecule has 0 radical (unpaired) electrons. The van der Waals surface area contributed by atoms with Gasteiger partial charge in [-0.05, 0) is 19.1 Å². The highest BCUT2D eigenvalue weighted by Crippen LogP contribution is 2.19. The second kappa shape index (κ2) is 5.99. The van der Waals surface area contributed by atoms with Gasteiger partial charge in [0.25, 0.3) is 5.91 Å². The Kier molecular flexibility index (Phi) is 4.12. The molecule has 1 aromatic carbocycles. The Morgan fingerprint density at radius 2 is 2.26 bits per heavy atom. The molecule has 0 fully saturated rings. The summed E-state index contributed by atoms with van der Waals surface area (Å²) < 4.78 is 18.3. The van der Waals surface area contributed by atoms with Gasteiger partial charge in [0, 0.05) is 12.6 Å². The predicted molar refractivity (Wildman–Crippen MR) is 68.2 cm³/mol. The summed E-state index contributed by atoms with van der Waals surface area (Å²) in [7, 11) is 0. The van der Waals surface area contributed by atoms with E-state index in [0.29, 0.717) is 12.2 Å². The zero-order valence-electron chi connectivity index (χ0n) is 10.4. The van der Waals surface area contributed by atoms with Crippen LogP contribution < -0.4 is 10.6 Å². The highest BCUT2D eigenvalue weighted by Gasteiger charge is 2.14. The normalized spacial score (nSPS) is 10.2. The van der Waals surface area contributed by atoms with Crippen molar-refractivity contribution in [3.05, 3.63) is 47.6 Å². The van der Waals surface area contributed by atoms with E-state index in [1.807, 2.05) is 6.92 Å². The van der Waals surface area contributed by atoms with Gasteiger partial charge in [-0.15, -0.1) is 0 Å². The van der Waals surface area contributed by atoms with Crippen molar-refractivity contribution in [3.8, 4) is 0 Å². The van der Waals surface area contributed by atoms with Crippen molar-refractivity contribution in [2.24, 2.45) is 0 Å². The zero-order chi connectivity index (χ0) is 13.7. The molecule has 0 aliphatic rings. The van der Waals surface area contributed by atoms with Crippen LogP contribution in [-0.2, 0) is 6.54 Å². The van der Waals surface area contributed by atoms with Crippen LogP contribution in [0.2, 0.25) is 0 Å². The fourth-order valence-corrected chi connectivity index (χ4v) is 1.66. The predicted octanol–water partition coefficient (Wildman–Crippen LogP) is 2.18. The maximum Gasteiger partial charge on any atom is 0.253 e. The van der Waals surface area contributed by atoms with E-state index in [1.54, 1.807) is 12.1 Å². The van der Waals surface area contributed by atoms with Crippen molar-refractivity contribution in [1.82, 2.24) is 10.5 Å². The Morgan fingerprint density at radius 3 is 2.95 bits per heavy atom. The number of aromatic nitrogens is 1. The first kappa shape index (κ1) is 13.1. The highest BCUT2D eigenvalue weighted by atomic mass is 19.1. The van der Waals surface area contributed by atoms with Gasteiger partial charge in [-0.3, -0.25) is 4.79 Å². The van der Waals surface area contributed by atoms with E-state index in [0.717, 1.165) is 0 Å². The van der Waals surface area contributed by atoms with Crippen LogP contribution in [0.4, 0.5) is 10.1 Å². The molecule has 0 aliphatic heterocycles. The summed E-state index contributed by atoms with van der Waals surface area (Å²) in [5, 5.41) is 9.19. The van der Waals surface area contributed by atoms with Gasteiger partial charge >= 0.3 is 0 Å². The first-order valence-corrected chi connectivity index (χ1v) is 5.92. The number of rotatable bonds is 5. The Hall–Kier alpha value is -2.37. The second-order valence-electron chi connectivity index (χ2n) is 3.87. The number of nitrogens with one attached hydrogen (secondary N) is 2. The third kappa shape index (κ3) is 3.09. The monoisotopic (exact) mass is 263 g/mol. The molecule has 2 aromatic rings. The quantitative estimate of drug-likeness (QED) is 0.867. The lowest BCUT2D eigenvalue weighted by atomic mass is 10.1. The van der Waals surface area contributed by atoms with E-state index in [-0.39, 0.29) is 23.7 Å². The van der Waals surface area contributed by atoms with E-state index >= 15 is 0 Å². The number of hydrogen-bond acceptors (Lipinski definition) is 4. The first-order valence-electron chi connectivity index (χ1n) is 5.92.